The highest BCUT2D eigenvalue weighted by Gasteiger charge is 2.25. The second kappa shape index (κ2) is 3.89. The third-order valence-electron chi connectivity index (χ3n) is 4.31. The second-order valence-corrected chi connectivity index (χ2v) is 7.16. The van der Waals surface area contributed by atoms with E-state index in [0.29, 0.717) is 16.5 Å². The number of fused-ring (bicyclic) bond motifs is 8. The van der Waals surface area contributed by atoms with Crippen LogP contribution in [0.1, 0.15) is 23.8 Å². The number of aromatic amines is 1. The Kier molecular flexibility index (Phi) is 2.19. The second-order valence-electron chi connectivity index (χ2n) is 5.69. The topological polar surface area (TPSA) is 63.3 Å². The molecule has 6 nitrogen and oxygen atoms in total. The van der Waals surface area contributed by atoms with Gasteiger partial charge >= 0.3 is 0 Å². The summed E-state index contributed by atoms with van der Waals surface area (Å²) in [5.41, 5.74) is 2.31. The Morgan fingerprint density at radius 1 is 1.48 bits per heavy atom. The lowest BCUT2D eigenvalue weighted by Crippen LogP contribution is -2.09. The van der Waals surface area contributed by atoms with Gasteiger partial charge in [-0.1, -0.05) is 6.92 Å². The lowest BCUT2D eigenvalue weighted by molar-refractivity contribution is 0.508. The number of hydrogen-bond acceptors (Lipinski definition) is 5. The van der Waals surface area contributed by atoms with Gasteiger partial charge in [0.1, 0.15) is 11.2 Å². The SMILES string of the molecule is C[C@@H]1CCc2sc3c(c2C1)c1ncnn1c1n[nH]c(=S)n31. The summed E-state index contributed by atoms with van der Waals surface area (Å²) in [6, 6.07) is 0. The van der Waals surface area contributed by atoms with Crippen LogP contribution < -0.4 is 0 Å². The van der Waals surface area contributed by atoms with Crippen molar-refractivity contribution in [3.8, 4) is 0 Å². The normalized spacial score (nSPS) is 18.8. The van der Waals surface area contributed by atoms with Gasteiger partial charge in [0, 0.05) is 4.88 Å². The first-order chi connectivity index (χ1) is 10.2. The van der Waals surface area contributed by atoms with Crippen molar-refractivity contribution >= 4 is 45.2 Å². The van der Waals surface area contributed by atoms with Crippen molar-refractivity contribution < 1.29 is 0 Å². The first kappa shape index (κ1) is 11.8. The van der Waals surface area contributed by atoms with Crippen LogP contribution in [-0.2, 0) is 12.8 Å². The Balaban J connectivity index is 2.10. The van der Waals surface area contributed by atoms with E-state index in [4.69, 9.17) is 12.2 Å². The maximum Gasteiger partial charge on any atom is 0.257 e. The smallest absolute Gasteiger partial charge is 0.249 e. The summed E-state index contributed by atoms with van der Waals surface area (Å²) in [4.78, 5) is 7.07. The van der Waals surface area contributed by atoms with E-state index in [1.807, 2.05) is 15.7 Å². The molecule has 0 unspecified atom stereocenters. The van der Waals surface area contributed by atoms with Crippen molar-refractivity contribution in [1.29, 1.82) is 0 Å². The molecule has 8 heteroatoms. The monoisotopic (exact) mass is 316 g/mol. The molecule has 1 aliphatic rings. The molecule has 4 heterocycles. The molecule has 0 saturated carbocycles. The number of rotatable bonds is 0. The van der Waals surface area contributed by atoms with Crippen LogP contribution in [0.2, 0.25) is 0 Å². The number of H-pyrrole nitrogens is 1. The molecule has 0 aliphatic heterocycles. The lowest BCUT2D eigenvalue weighted by Gasteiger charge is -2.17. The highest BCUT2D eigenvalue weighted by Crippen LogP contribution is 2.39. The minimum absolute atomic E-state index is 0.610. The molecule has 4 aromatic rings. The van der Waals surface area contributed by atoms with Crippen LogP contribution in [0, 0.1) is 10.7 Å². The molecule has 21 heavy (non-hydrogen) atoms. The Morgan fingerprint density at radius 3 is 3.29 bits per heavy atom. The first-order valence-corrected chi connectivity index (χ1v) is 8.19. The zero-order valence-corrected chi connectivity index (χ0v) is 13.0. The van der Waals surface area contributed by atoms with Gasteiger partial charge in [0.25, 0.3) is 5.78 Å². The van der Waals surface area contributed by atoms with Crippen molar-refractivity contribution in [3.05, 3.63) is 21.5 Å². The minimum atomic E-state index is 0.610. The van der Waals surface area contributed by atoms with E-state index < -0.39 is 0 Å². The Hall–Kier alpha value is -1.80. The molecule has 0 aromatic carbocycles. The standard InChI is InChI=1S/C13H12N6S2/c1-6-2-3-8-7(4-6)9-10-14-5-15-19(10)12-16-17-13(20)18(12)11(9)21-8/h5-6H,2-4H2,1H3,(H,17,20)/t6-/m1/s1. The Morgan fingerprint density at radius 2 is 2.38 bits per heavy atom. The van der Waals surface area contributed by atoms with Gasteiger partial charge in [0.15, 0.2) is 5.65 Å². The fourth-order valence-electron chi connectivity index (χ4n) is 3.30. The van der Waals surface area contributed by atoms with Crippen LogP contribution in [0.25, 0.3) is 21.6 Å². The summed E-state index contributed by atoms with van der Waals surface area (Å²) in [7, 11) is 0. The minimum Gasteiger partial charge on any atom is -0.249 e. The third kappa shape index (κ3) is 1.41. The van der Waals surface area contributed by atoms with Crippen LogP contribution in [0.4, 0.5) is 0 Å². The van der Waals surface area contributed by atoms with Crippen LogP contribution in [0.3, 0.4) is 0 Å². The highest BCUT2D eigenvalue weighted by molar-refractivity contribution is 7.71. The number of nitrogens with one attached hydrogen (secondary N) is 1. The van der Waals surface area contributed by atoms with Gasteiger partial charge in [0.05, 0.1) is 5.39 Å². The zero-order valence-electron chi connectivity index (χ0n) is 11.3. The van der Waals surface area contributed by atoms with Crippen LogP contribution in [-0.4, -0.2) is 29.2 Å². The largest absolute Gasteiger partial charge is 0.257 e. The predicted octanol–water partition coefficient (Wildman–Crippen LogP) is 2.77. The van der Waals surface area contributed by atoms with Gasteiger partial charge in [-0.25, -0.2) is 14.5 Å². The summed E-state index contributed by atoms with van der Waals surface area (Å²) < 4.78 is 4.38. The highest BCUT2D eigenvalue weighted by atomic mass is 32.1. The van der Waals surface area contributed by atoms with E-state index in [9.17, 15) is 0 Å². The molecule has 0 radical (unpaired) electrons. The Bertz CT molecular complexity index is 1070. The van der Waals surface area contributed by atoms with Gasteiger partial charge in [-0.05, 0) is 43.0 Å². The van der Waals surface area contributed by atoms with Crippen LogP contribution in [0.5, 0.6) is 0 Å². The number of aromatic nitrogens is 6. The first-order valence-electron chi connectivity index (χ1n) is 6.97. The van der Waals surface area contributed by atoms with Crippen molar-refractivity contribution in [3.63, 3.8) is 0 Å². The van der Waals surface area contributed by atoms with Crippen molar-refractivity contribution in [2.24, 2.45) is 5.92 Å². The summed E-state index contributed by atoms with van der Waals surface area (Å²) in [5, 5.41) is 12.7. The number of nitrogens with zero attached hydrogens (tertiary/aromatic N) is 5. The average Bonchev–Trinajstić information content (AvgIpc) is 3.13. The van der Waals surface area contributed by atoms with E-state index in [-0.39, 0.29) is 0 Å². The van der Waals surface area contributed by atoms with Gasteiger partial charge in [-0.15, -0.1) is 16.4 Å². The molecule has 4 aromatic heterocycles. The van der Waals surface area contributed by atoms with E-state index in [1.54, 1.807) is 10.8 Å². The lowest BCUT2D eigenvalue weighted by atomic mass is 9.89. The summed E-state index contributed by atoms with van der Waals surface area (Å²) in [6.45, 7) is 2.31. The van der Waals surface area contributed by atoms with E-state index in [1.165, 1.54) is 22.2 Å². The Labute approximate surface area is 128 Å². The molecule has 0 bridgehead atoms. The van der Waals surface area contributed by atoms with Crippen molar-refractivity contribution in [2.45, 2.75) is 26.2 Å². The van der Waals surface area contributed by atoms with Gasteiger partial charge in [-0.3, -0.25) is 0 Å². The molecule has 1 aliphatic carbocycles. The summed E-state index contributed by atoms with van der Waals surface area (Å²) in [6.07, 6.45) is 5.09. The average molecular weight is 316 g/mol. The summed E-state index contributed by atoms with van der Waals surface area (Å²) in [5.74, 6) is 1.41. The molecule has 1 atom stereocenters. The van der Waals surface area contributed by atoms with E-state index in [0.717, 1.165) is 23.3 Å². The number of hydrogen-bond donors (Lipinski definition) is 1. The number of aryl methyl sites for hydroxylation is 1. The third-order valence-corrected chi connectivity index (χ3v) is 5.86. The molecular weight excluding hydrogens is 304 g/mol. The number of thiophene rings is 1. The maximum absolute atomic E-state index is 5.41. The molecule has 1 N–H and O–H groups in total. The van der Waals surface area contributed by atoms with Gasteiger partial charge in [0.2, 0.25) is 4.77 Å². The predicted molar refractivity (Wildman–Crippen MR) is 83.5 cm³/mol. The van der Waals surface area contributed by atoms with E-state index in [2.05, 4.69) is 27.2 Å². The molecule has 0 amide bonds. The molecular formula is C13H12N6S2. The van der Waals surface area contributed by atoms with Crippen LogP contribution in [0.15, 0.2) is 6.33 Å². The van der Waals surface area contributed by atoms with Gasteiger partial charge in [-0.2, -0.15) is 9.61 Å². The van der Waals surface area contributed by atoms with E-state index >= 15 is 0 Å². The summed E-state index contributed by atoms with van der Waals surface area (Å²) >= 11 is 7.23. The molecule has 0 fully saturated rings. The van der Waals surface area contributed by atoms with Crippen molar-refractivity contribution in [1.82, 2.24) is 29.2 Å². The van der Waals surface area contributed by atoms with Gasteiger partial charge < -0.3 is 0 Å². The molecule has 5 rings (SSSR count). The molecule has 0 saturated heterocycles. The fourth-order valence-corrected chi connectivity index (χ4v) is 4.92. The maximum atomic E-state index is 5.41. The quantitative estimate of drug-likeness (QED) is 0.507. The zero-order chi connectivity index (χ0) is 14.1. The fraction of sp³-hybridized carbons (Fsp3) is 0.385. The molecule has 106 valence electrons. The molecule has 0 spiro atoms. The van der Waals surface area contributed by atoms with Crippen molar-refractivity contribution in [2.75, 3.05) is 0 Å². The van der Waals surface area contributed by atoms with Crippen LogP contribution >= 0.6 is 23.6 Å².